The molecule has 1 fully saturated rings. The van der Waals surface area contributed by atoms with Gasteiger partial charge in [0.1, 0.15) is 0 Å². The number of hydrogen-bond donors (Lipinski definition) is 0. The van der Waals surface area contributed by atoms with Gasteiger partial charge < -0.3 is 9.64 Å². The summed E-state index contributed by atoms with van der Waals surface area (Å²) in [5.74, 6) is -0.119. The van der Waals surface area contributed by atoms with Crippen LogP contribution in [-0.2, 0) is 22.7 Å². The highest BCUT2D eigenvalue weighted by molar-refractivity contribution is 9.10. The van der Waals surface area contributed by atoms with E-state index in [1.807, 2.05) is 47.4 Å². The van der Waals surface area contributed by atoms with Crippen molar-refractivity contribution in [2.75, 3.05) is 6.54 Å². The molecule has 4 rings (SSSR count). The summed E-state index contributed by atoms with van der Waals surface area (Å²) < 4.78 is 6.77. The van der Waals surface area contributed by atoms with Crippen LogP contribution >= 0.6 is 27.5 Å². The number of fused-ring (bicyclic) bond motifs is 3. The van der Waals surface area contributed by atoms with E-state index in [1.165, 1.54) is 0 Å². The second-order valence-electron chi connectivity index (χ2n) is 5.96. The fraction of sp³-hybridized carbons (Fsp3) is 0.278. The van der Waals surface area contributed by atoms with Gasteiger partial charge in [-0.1, -0.05) is 48.0 Å². The van der Waals surface area contributed by atoms with E-state index in [2.05, 4.69) is 15.9 Å². The molecule has 0 bridgehead atoms. The van der Waals surface area contributed by atoms with Crippen LogP contribution in [0.15, 0.2) is 46.9 Å². The molecule has 2 aromatic rings. The van der Waals surface area contributed by atoms with Crippen LogP contribution in [0.2, 0.25) is 5.02 Å². The van der Waals surface area contributed by atoms with Crippen LogP contribution in [0.1, 0.15) is 22.6 Å². The summed E-state index contributed by atoms with van der Waals surface area (Å²) in [7, 11) is 0. The number of carbonyl (C=O) groups excluding carboxylic acids is 1. The number of rotatable bonds is 2. The van der Waals surface area contributed by atoms with Gasteiger partial charge in [-0.25, -0.2) is 0 Å². The Hall–Kier alpha value is -1.36. The zero-order valence-electron chi connectivity index (χ0n) is 12.3. The standard InChI is InChI=1S/C18H15BrClNO2/c19-14-7-6-12-13(17(14)20)10-23-15-9-21(18(22)16(12)15)8-11-4-2-1-3-5-11/h1-7,15-16H,8-10H2. The summed E-state index contributed by atoms with van der Waals surface area (Å²) in [5.41, 5.74) is 3.07. The predicted molar refractivity (Wildman–Crippen MR) is 92.3 cm³/mol. The van der Waals surface area contributed by atoms with Crippen molar-refractivity contribution < 1.29 is 9.53 Å². The fourth-order valence-corrected chi connectivity index (χ4v) is 4.03. The maximum Gasteiger partial charge on any atom is 0.233 e. The van der Waals surface area contributed by atoms with E-state index < -0.39 is 0 Å². The Labute approximate surface area is 148 Å². The Morgan fingerprint density at radius 3 is 2.78 bits per heavy atom. The van der Waals surface area contributed by atoms with Crippen LogP contribution in [0.4, 0.5) is 0 Å². The first-order valence-electron chi connectivity index (χ1n) is 7.56. The average Bonchev–Trinajstić information content (AvgIpc) is 2.88. The third-order valence-corrected chi connectivity index (χ3v) is 5.90. The highest BCUT2D eigenvalue weighted by Gasteiger charge is 2.45. The maximum absolute atomic E-state index is 12.9. The smallest absolute Gasteiger partial charge is 0.233 e. The second kappa shape index (κ2) is 5.93. The molecule has 0 aromatic heterocycles. The van der Waals surface area contributed by atoms with Gasteiger partial charge in [-0.05, 0) is 33.1 Å². The quantitative estimate of drug-likeness (QED) is 0.769. The number of carbonyl (C=O) groups is 1. The number of likely N-dealkylation sites (tertiary alicyclic amines) is 1. The lowest BCUT2D eigenvalue weighted by molar-refractivity contribution is -0.130. The Bertz CT molecular complexity index is 765. The minimum Gasteiger partial charge on any atom is -0.370 e. The van der Waals surface area contributed by atoms with Crippen LogP contribution < -0.4 is 0 Å². The second-order valence-corrected chi connectivity index (χ2v) is 7.19. The number of ether oxygens (including phenoxy) is 1. The number of amides is 1. The summed E-state index contributed by atoms with van der Waals surface area (Å²) in [6.07, 6.45) is -0.0871. The van der Waals surface area contributed by atoms with Gasteiger partial charge in [0.25, 0.3) is 0 Å². The van der Waals surface area contributed by atoms with Crippen LogP contribution in [-0.4, -0.2) is 23.5 Å². The summed E-state index contributed by atoms with van der Waals surface area (Å²) in [5, 5.41) is 0.648. The molecule has 0 spiro atoms. The topological polar surface area (TPSA) is 29.5 Å². The largest absolute Gasteiger partial charge is 0.370 e. The van der Waals surface area contributed by atoms with E-state index in [4.69, 9.17) is 16.3 Å². The summed E-state index contributed by atoms with van der Waals surface area (Å²) >= 11 is 9.80. The van der Waals surface area contributed by atoms with E-state index in [1.54, 1.807) is 0 Å². The van der Waals surface area contributed by atoms with E-state index in [0.29, 0.717) is 24.7 Å². The molecule has 0 saturated carbocycles. The average molecular weight is 393 g/mol. The van der Waals surface area contributed by atoms with Crippen LogP contribution in [0.3, 0.4) is 0 Å². The first-order valence-corrected chi connectivity index (χ1v) is 8.73. The zero-order chi connectivity index (χ0) is 16.0. The first-order chi connectivity index (χ1) is 11.1. The molecule has 2 heterocycles. The van der Waals surface area contributed by atoms with E-state index in [9.17, 15) is 4.79 Å². The van der Waals surface area contributed by atoms with Gasteiger partial charge >= 0.3 is 0 Å². The first kappa shape index (κ1) is 15.2. The minimum absolute atomic E-state index is 0.0871. The molecule has 0 N–H and O–H groups in total. The fourth-order valence-electron chi connectivity index (χ4n) is 3.43. The van der Waals surface area contributed by atoms with Crippen LogP contribution in [0, 0.1) is 0 Å². The Kier molecular flexibility index (Phi) is 3.92. The molecule has 0 aliphatic carbocycles. The molecule has 2 aliphatic heterocycles. The van der Waals surface area contributed by atoms with Crippen molar-refractivity contribution in [3.63, 3.8) is 0 Å². The number of hydrogen-bond acceptors (Lipinski definition) is 2. The molecule has 118 valence electrons. The molecule has 23 heavy (non-hydrogen) atoms. The summed E-state index contributed by atoms with van der Waals surface area (Å²) in [4.78, 5) is 14.8. The van der Waals surface area contributed by atoms with Gasteiger partial charge in [-0.2, -0.15) is 0 Å². The van der Waals surface area contributed by atoms with Crippen molar-refractivity contribution in [1.82, 2.24) is 4.90 Å². The van der Waals surface area contributed by atoms with E-state index in [-0.39, 0.29) is 17.9 Å². The van der Waals surface area contributed by atoms with Gasteiger partial charge in [0.05, 0.1) is 23.7 Å². The lowest BCUT2D eigenvalue weighted by Crippen LogP contribution is -2.28. The summed E-state index contributed by atoms with van der Waals surface area (Å²) in [6, 6.07) is 14.0. The highest BCUT2D eigenvalue weighted by Crippen LogP contribution is 2.42. The molecule has 0 radical (unpaired) electrons. The SMILES string of the molecule is O=C1C2c3ccc(Br)c(Cl)c3COC2CN1Cc1ccccc1. The molecule has 2 atom stereocenters. The van der Waals surface area contributed by atoms with Crippen molar-refractivity contribution in [3.8, 4) is 0 Å². The number of nitrogens with zero attached hydrogens (tertiary/aromatic N) is 1. The van der Waals surface area contributed by atoms with Gasteiger partial charge in [-0.3, -0.25) is 4.79 Å². The van der Waals surface area contributed by atoms with Gasteiger partial charge in [0.2, 0.25) is 5.91 Å². The van der Waals surface area contributed by atoms with Crippen molar-refractivity contribution in [3.05, 3.63) is 68.7 Å². The Morgan fingerprint density at radius 2 is 2.00 bits per heavy atom. The molecule has 2 aromatic carbocycles. The van der Waals surface area contributed by atoms with Crippen molar-refractivity contribution >= 4 is 33.4 Å². The predicted octanol–water partition coefficient (Wildman–Crippen LogP) is 4.13. The van der Waals surface area contributed by atoms with Crippen molar-refractivity contribution in [2.24, 2.45) is 0 Å². The van der Waals surface area contributed by atoms with Gasteiger partial charge in [-0.15, -0.1) is 0 Å². The minimum atomic E-state index is -0.243. The van der Waals surface area contributed by atoms with Crippen LogP contribution in [0.5, 0.6) is 0 Å². The molecular formula is C18H15BrClNO2. The van der Waals surface area contributed by atoms with E-state index >= 15 is 0 Å². The van der Waals surface area contributed by atoms with Crippen molar-refractivity contribution in [2.45, 2.75) is 25.2 Å². The number of benzene rings is 2. The Morgan fingerprint density at radius 1 is 1.22 bits per heavy atom. The zero-order valence-corrected chi connectivity index (χ0v) is 14.7. The third kappa shape index (κ3) is 2.59. The van der Waals surface area contributed by atoms with Crippen LogP contribution in [0.25, 0.3) is 0 Å². The molecule has 3 nitrogen and oxygen atoms in total. The molecule has 5 heteroatoms. The van der Waals surface area contributed by atoms with E-state index in [0.717, 1.165) is 21.2 Å². The van der Waals surface area contributed by atoms with Crippen molar-refractivity contribution in [1.29, 1.82) is 0 Å². The normalized spacial score (nSPS) is 22.9. The molecule has 1 saturated heterocycles. The third-order valence-electron chi connectivity index (χ3n) is 4.58. The molecular weight excluding hydrogens is 378 g/mol. The van der Waals surface area contributed by atoms with Gasteiger partial charge in [0, 0.05) is 23.1 Å². The molecule has 2 unspecified atom stereocenters. The molecule has 2 aliphatic rings. The Balaban J connectivity index is 1.64. The lowest BCUT2D eigenvalue weighted by Gasteiger charge is -2.27. The van der Waals surface area contributed by atoms with Gasteiger partial charge in [0.15, 0.2) is 0 Å². The lowest BCUT2D eigenvalue weighted by atomic mass is 9.89. The summed E-state index contributed by atoms with van der Waals surface area (Å²) in [6.45, 7) is 1.71. The monoisotopic (exact) mass is 391 g/mol. The molecule has 1 amide bonds. The highest BCUT2D eigenvalue weighted by atomic mass is 79.9. The number of halogens is 2. The maximum atomic E-state index is 12.9.